The summed E-state index contributed by atoms with van der Waals surface area (Å²) >= 11 is 0. The van der Waals surface area contributed by atoms with Gasteiger partial charge < -0.3 is 40.9 Å². The summed E-state index contributed by atoms with van der Waals surface area (Å²) in [6, 6.07) is 15.9. The van der Waals surface area contributed by atoms with Crippen LogP contribution in [0.2, 0.25) is 0 Å². The molecule has 0 bridgehead atoms. The highest BCUT2D eigenvalue weighted by Gasteiger charge is 2.28. The van der Waals surface area contributed by atoms with Crippen LogP contribution < -0.4 is 0 Å². The maximum atomic E-state index is 10.8. The largest absolute Gasteiger partial charge is 0.508 e. The standard InChI is InChI=1S/C30H30O8/c1-2-5-22(23-14-18(25(33)29(37)27(23)35)10-16-6-3-8-20(31)12-16)24-15-19(26(34)30(38)28(24)36)11-17-7-4-9-21(32)13-17/h3-4,6-9,12-15,22,31-38H,2,5,10-11H2,1H3. The second kappa shape index (κ2) is 10.7. The van der Waals surface area contributed by atoms with E-state index < -0.39 is 40.4 Å². The van der Waals surface area contributed by atoms with Gasteiger partial charge in [0.15, 0.2) is 23.0 Å². The molecule has 38 heavy (non-hydrogen) atoms. The average Bonchev–Trinajstić information content (AvgIpc) is 2.88. The SMILES string of the molecule is CCCC(c1cc(Cc2cccc(O)c2)c(O)c(O)c1O)c1cc(Cc2cccc(O)c2)c(O)c(O)c1O. The van der Waals surface area contributed by atoms with Crippen LogP contribution in [0.3, 0.4) is 0 Å². The molecule has 0 amide bonds. The van der Waals surface area contributed by atoms with Gasteiger partial charge in [-0.2, -0.15) is 0 Å². The van der Waals surface area contributed by atoms with Crippen LogP contribution in [0.5, 0.6) is 46.0 Å². The summed E-state index contributed by atoms with van der Waals surface area (Å²) in [5.74, 6) is -4.24. The fraction of sp³-hybridized carbons (Fsp3) is 0.200. The minimum Gasteiger partial charge on any atom is -0.508 e. The summed E-state index contributed by atoms with van der Waals surface area (Å²) in [4.78, 5) is 0. The molecule has 198 valence electrons. The van der Waals surface area contributed by atoms with Gasteiger partial charge >= 0.3 is 0 Å². The van der Waals surface area contributed by atoms with Crippen LogP contribution in [0.1, 0.15) is 59.1 Å². The van der Waals surface area contributed by atoms with E-state index in [1.54, 1.807) is 24.3 Å². The van der Waals surface area contributed by atoms with Crippen LogP contribution in [-0.2, 0) is 12.8 Å². The Labute approximate surface area is 219 Å². The fourth-order valence-electron chi connectivity index (χ4n) is 4.79. The van der Waals surface area contributed by atoms with Crippen molar-refractivity contribution in [1.29, 1.82) is 0 Å². The molecule has 0 spiro atoms. The zero-order valence-electron chi connectivity index (χ0n) is 20.8. The van der Waals surface area contributed by atoms with Gasteiger partial charge in [-0.1, -0.05) is 37.6 Å². The van der Waals surface area contributed by atoms with Gasteiger partial charge in [-0.3, -0.25) is 0 Å². The minimum atomic E-state index is -0.733. The predicted octanol–water partition coefficient (Wildman–Crippen LogP) is 5.45. The zero-order valence-corrected chi connectivity index (χ0v) is 20.8. The van der Waals surface area contributed by atoms with Gasteiger partial charge in [-0.25, -0.2) is 0 Å². The lowest BCUT2D eigenvalue weighted by Gasteiger charge is -2.23. The molecule has 0 heterocycles. The number of benzene rings is 4. The van der Waals surface area contributed by atoms with Gasteiger partial charge in [0, 0.05) is 41.0 Å². The molecule has 8 nitrogen and oxygen atoms in total. The van der Waals surface area contributed by atoms with E-state index in [1.807, 2.05) is 6.92 Å². The maximum absolute atomic E-state index is 10.8. The van der Waals surface area contributed by atoms with Crippen molar-refractivity contribution < 1.29 is 40.9 Å². The van der Waals surface area contributed by atoms with E-state index in [0.717, 1.165) is 0 Å². The smallest absolute Gasteiger partial charge is 0.200 e. The Balaban J connectivity index is 1.84. The molecular formula is C30H30O8. The molecule has 0 fully saturated rings. The molecule has 4 aromatic rings. The van der Waals surface area contributed by atoms with Crippen LogP contribution in [0.4, 0.5) is 0 Å². The Morgan fingerprint density at radius 3 is 1.32 bits per heavy atom. The zero-order chi connectivity index (χ0) is 27.6. The first kappa shape index (κ1) is 26.3. The third-order valence-corrected chi connectivity index (χ3v) is 6.65. The van der Waals surface area contributed by atoms with Crippen LogP contribution in [0.25, 0.3) is 0 Å². The molecule has 4 aromatic carbocycles. The van der Waals surface area contributed by atoms with Crippen molar-refractivity contribution in [3.8, 4) is 46.0 Å². The molecular weight excluding hydrogens is 488 g/mol. The summed E-state index contributed by atoms with van der Waals surface area (Å²) in [5.41, 5.74) is 2.29. The van der Waals surface area contributed by atoms with Crippen LogP contribution in [0.15, 0.2) is 60.7 Å². The molecule has 8 heteroatoms. The van der Waals surface area contributed by atoms with E-state index in [-0.39, 0.29) is 46.6 Å². The molecule has 0 aliphatic carbocycles. The first-order chi connectivity index (χ1) is 18.1. The molecule has 8 N–H and O–H groups in total. The number of rotatable bonds is 8. The lowest BCUT2D eigenvalue weighted by Crippen LogP contribution is -2.05. The van der Waals surface area contributed by atoms with Gasteiger partial charge in [-0.05, 0) is 53.9 Å². The van der Waals surface area contributed by atoms with Crippen molar-refractivity contribution in [2.45, 2.75) is 38.5 Å². The van der Waals surface area contributed by atoms with Gasteiger partial charge in [0.25, 0.3) is 0 Å². The van der Waals surface area contributed by atoms with Crippen molar-refractivity contribution in [3.63, 3.8) is 0 Å². The van der Waals surface area contributed by atoms with Crippen molar-refractivity contribution in [2.75, 3.05) is 0 Å². The maximum Gasteiger partial charge on any atom is 0.200 e. The average molecular weight is 519 g/mol. The van der Waals surface area contributed by atoms with E-state index in [1.165, 1.54) is 36.4 Å². The highest BCUT2D eigenvalue weighted by atomic mass is 16.3. The highest BCUT2D eigenvalue weighted by molar-refractivity contribution is 5.65. The van der Waals surface area contributed by atoms with Gasteiger partial charge in [0.2, 0.25) is 11.5 Å². The Kier molecular flexibility index (Phi) is 7.43. The Morgan fingerprint density at radius 1 is 0.526 bits per heavy atom. The van der Waals surface area contributed by atoms with Gasteiger partial charge in [0.1, 0.15) is 11.5 Å². The second-order valence-electron chi connectivity index (χ2n) is 9.38. The third-order valence-electron chi connectivity index (χ3n) is 6.65. The van der Waals surface area contributed by atoms with Gasteiger partial charge in [0.05, 0.1) is 0 Å². The van der Waals surface area contributed by atoms with E-state index in [4.69, 9.17) is 0 Å². The molecule has 0 unspecified atom stereocenters. The minimum absolute atomic E-state index is 0.0397. The van der Waals surface area contributed by atoms with E-state index in [2.05, 4.69) is 0 Å². The number of aromatic hydroxyl groups is 8. The number of phenols is 8. The van der Waals surface area contributed by atoms with Crippen molar-refractivity contribution >= 4 is 0 Å². The van der Waals surface area contributed by atoms with Crippen molar-refractivity contribution in [2.24, 2.45) is 0 Å². The first-order valence-corrected chi connectivity index (χ1v) is 12.2. The quantitative estimate of drug-likeness (QED) is 0.143. The van der Waals surface area contributed by atoms with E-state index in [0.29, 0.717) is 24.0 Å². The molecule has 0 aromatic heterocycles. The number of phenolic OH excluding ortho intramolecular Hbond substituents is 8. The van der Waals surface area contributed by atoms with Crippen molar-refractivity contribution in [3.05, 3.63) is 94.0 Å². The predicted molar refractivity (Wildman–Crippen MR) is 141 cm³/mol. The molecule has 0 saturated heterocycles. The Hall–Kier alpha value is -4.72. The highest BCUT2D eigenvalue weighted by Crippen LogP contribution is 2.51. The summed E-state index contributed by atoms with van der Waals surface area (Å²) in [6.07, 6.45) is 1.24. The topological polar surface area (TPSA) is 162 Å². The van der Waals surface area contributed by atoms with Crippen LogP contribution >= 0.6 is 0 Å². The van der Waals surface area contributed by atoms with Crippen LogP contribution in [-0.4, -0.2) is 40.9 Å². The van der Waals surface area contributed by atoms with Crippen molar-refractivity contribution in [1.82, 2.24) is 0 Å². The lowest BCUT2D eigenvalue weighted by molar-refractivity contribution is 0.355. The normalized spacial score (nSPS) is 11.2. The first-order valence-electron chi connectivity index (χ1n) is 12.2. The molecule has 4 rings (SSSR count). The van der Waals surface area contributed by atoms with E-state index >= 15 is 0 Å². The third kappa shape index (κ3) is 5.20. The summed E-state index contributed by atoms with van der Waals surface area (Å²) in [7, 11) is 0. The Morgan fingerprint density at radius 2 is 0.947 bits per heavy atom. The summed E-state index contributed by atoms with van der Waals surface area (Å²) < 4.78 is 0. The number of hydrogen-bond acceptors (Lipinski definition) is 8. The summed E-state index contributed by atoms with van der Waals surface area (Å²) in [6.45, 7) is 1.89. The summed E-state index contributed by atoms with van der Waals surface area (Å²) in [5, 5.41) is 83.6. The van der Waals surface area contributed by atoms with E-state index in [9.17, 15) is 40.9 Å². The molecule has 0 saturated carbocycles. The lowest BCUT2D eigenvalue weighted by atomic mass is 9.83. The van der Waals surface area contributed by atoms with Gasteiger partial charge in [-0.15, -0.1) is 0 Å². The Bertz CT molecular complexity index is 1370. The molecule has 0 aliphatic heterocycles. The molecule has 0 aliphatic rings. The second-order valence-corrected chi connectivity index (χ2v) is 9.38. The fourth-order valence-corrected chi connectivity index (χ4v) is 4.79. The monoisotopic (exact) mass is 518 g/mol. The van der Waals surface area contributed by atoms with Crippen LogP contribution in [0, 0.1) is 0 Å². The number of hydrogen-bond donors (Lipinski definition) is 8. The molecule has 0 radical (unpaired) electrons. The molecule has 0 atom stereocenters.